The van der Waals surface area contributed by atoms with Gasteiger partial charge in [0.1, 0.15) is 13.2 Å². The van der Waals surface area contributed by atoms with Crippen molar-refractivity contribution in [2.24, 2.45) is 0 Å². The third kappa shape index (κ3) is 3.79. The Bertz CT molecular complexity index is 798. The fourth-order valence-corrected chi connectivity index (χ4v) is 3.22. The normalized spacial score (nSPS) is 17.2. The highest BCUT2D eigenvalue weighted by atomic mass is 35.5. The minimum absolute atomic E-state index is 0.0618. The zero-order valence-electron chi connectivity index (χ0n) is 13.5. The van der Waals surface area contributed by atoms with Gasteiger partial charge in [0.05, 0.1) is 0 Å². The molecule has 2 aromatic carbocycles. The Kier molecular flexibility index (Phi) is 5.27. The van der Waals surface area contributed by atoms with E-state index in [4.69, 9.17) is 28.0 Å². The maximum Gasteiger partial charge on any atom is 0.268 e. The number of hydroxylamine groups is 2. The largest absolute Gasteiger partial charge is 0.307 e. The average Bonchev–Trinajstić information content (AvgIpc) is 2.91. The quantitative estimate of drug-likeness (QED) is 0.812. The first-order valence-electron chi connectivity index (χ1n) is 7.68. The lowest BCUT2D eigenvalue weighted by atomic mass is 10.1. The van der Waals surface area contributed by atoms with Crippen molar-refractivity contribution in [2.45, 2.75) is 19.7 Å². The molecule has 25 heavy (non-hydrogen) atoms. The molecule has 7 heteroatoms. The first-order chi connectivity index (χ1) is 12.0. The van der Waals surface area contributed by atoms with Crippen LogP contribution in [0.5, 0.6) is 0 Å². The van der Waals surface area contributed by atoms with Crippen LogP contribution in [-0.4, -0.2) is 28.3 Å². The Labute approximate surface area is 155 Å². The number of carbonyl (C=O) groups is 2. The lowest BCUT2D eigenvalue weighted by Gasteiger charge is -2.29. The number of rotatable bonds is 4. The van der Waals surface area contributed by atoms with E-state index in [0.717, 1.165) is 5.56 Å². The van der Waals surface area contributed by atoms with Crippen LogP contribution in [0.15, 0.2) is 48.5 Å². The first-order valence-corrected chi connectivity index (χ1v) is 8.44. The molecule has 2 amide bonds. The number of hydrogen-bond acceptors (Lipinski definition) is 3. The Hall–Kier alpha value is -2.08. The predicted octanol–water partition coefficient (Wildman–Crippen LogP) is 3.81. The van der Waals surface area contributed by atoms with Gasteiger partial charge in [0.2, 0.25) is 5.91 Å². The highest BCUT2D eigenvalue weighted by molar-refractivity contribution is 6.35. The molecule has 0 radical (unpaired) electrons. The maximum absolute atomic E-state index is 12.4. The van der Waals surface area contributed by atoms with Crippen LogP contribution in [0.1, 0.15) is 24.2 Å². The van der Waals surface area contributed by atoms with Crippen LogP contribution in [0.2, 0.25) is 10.0 Å². The van der Waals surface area contributed by atoms with Crippen molar-refractivity contribution in [3.05, 3.63) is 69.7 Å². The van der Waals surface area contributed by atoms with Gasteiger partial charge in [-0.05, 0) is 17.7 Å². The zero-order valence-corrected chi connectivity index (χ0v) is 15.0. The molecule has 0 aromatic heterocycles. The lowest BCUT2D eigenvalue weighted by molar-refractivity contribution is -0.204. The minimum Gasteiger partial charge on any atom is -0.307 e. The van der Waals surface area contributed by atoms with E-state index in [0.29, 0.717) is 15.6 Å². The Balaban J connectivity index is 1.90. The second-order valence-electron chi connectivity index (χ2n) is 5.66. The monoisotopic (exact) mass is 378 g/mol. The summed E-state index contributed by atoms with van der Waals surface area (Å²) in [5.74, 6) is -0.544. The van der Waals surface area contributed by atoms with Gasteiger partial charge in [-0.2, -0.15) is 5.06 Å². The van der Waals surface area contributed by atoms with Crippen molar-refractivity contribution in [1.82, 2.24) is 9.96 Å². The van der Waals surface area contributed by atoms with Crippen molar-refractivity contribution in [1.29, 1.82) is 0 Å². The summed E-state index contributed by atoms with van der Waals surface area (Å²) in [6.07, 6.45) is -0.724. The van der Waals surface area contributed by atoms with Gasteiger partial charge in [0.15, 0.2) is 6.17 Å². The smallest absolute Gasteiger partial charge is 0.268 e. The number of halogens is 2. The lowest BCUT2D eigenvalue weighted by Crippen LogP contribution is -2.34. The highest BCUT2D eigenvalue weighted by Gasteiger charge is 2.42. The standard InChI is InChI=1S/C18H16Cl2N2O3/c1-12(23)21-10-17(24)22(25-11-13-5-3-2-4-6-13)18(21)15-8-7-14(19)9-16(15)20/h2-9,18H,10-11H2,1H3/t18-/m1/s1. The Morgan fingerprint density at radius 2 is 1.92 bits per heavy atom. The topological polar surface area (TPSA) is 49.9 Å². The van der Waals surface area contributed by atoms with E-state index >= 15 is 0 Å². The molecule has 1 aliphatic heterocycles. The molecule has 0 spiro atoms. The van der Waals surface area contributed by atoms with Gasteiger partial charge in [-0.1, -0.05) is 59.6 Å². The average molecular weight is 379 g/mol. The van der Waals surface area contributed by atoms with E-state index in [1.807, 2.05) is 30.3 Å². The van der Waals surface area contributed by atoms with Gasteiger partial charge in [-0.3, -0.25) is 14.4 Å². The SMILES string of the molecule is CC(=O)N1CC(=O)N(OCc2ccccc2)[C@@H]1c1ccc(Cl)cc1Cl. The summed E-state index contributed by atoms with van der Waals surface area (Å²) in [5, 5.41) is 2.06. The van der Waals surface area contributed by atoms with E-state index in [9.17, 15) is 9.59 Å². The van der Waals surface area contributed by atoms with Crippen molar-refractivity contribution < 1.29 is 14.4 Å². The molecule has 1 heterocycles. The molecule has 1 fully saturated rings. The fraction of sp³-hybridized carbons (Fsp3) is 0.222. The Morgan fingerprint density at radius 1 is 1.20 bits per heavy atom. The van der Waals surface area contributed by atoms with Crippen LogP contribution < -0.4 is 0 Å². The summed E-state index contributed by atoms with van der Waals surface area (Å²) < 4.78 is 0. The van der Waals surface area contributed by atoms with Crippen molar-refractivity contribution in [2.75, 3.05) is 6.54 Å². The molecule has 1 atom stereocenters. The molecule has 1 saturated heterocycles. The predicted molar refractivity (Wildman–Crippen MR) is 94.7 cm³/mol. The van der Waals surface area contributed by atoms with E-state index < -0.39 is 6.17 Å². The van der Waals surface area contributed by atoms with Crippen molar-refractivity contribution in [3.63, 3.8) is 0 Å². The molecule has 2 aromatic rings. The van der Waals surface area contributed by atoms with Crippen LogP contribution in [-0.2, 0) is 21.0 Å². The molecular formula is C18H16Cl2N2O3. The number of benzene rings is 2. The van der Waals surface area contributed by atoms with Gasteiger partial charge in [0, 0.05) is 22.5 Å². The molecule has 0 saturated carbocycles. The van der Waals surface area contributed by atoms with E-state index in [2.05, 4.69) is 0 Å². The van der Waals surface area contributed by atoms with Gasteiger partial charge in [-0.25, -0.2) is 0 Å². The van der Waals surface area contributed by atoms with E-state index in [1.54, 1.807) is 18.2 Å². The minimum atomic E-state index is -0.724. The molecule has 0 N–H and O–H groups in total. The number of carbonyl (C=O) groups excluding carboxylic acids is 2. The summed E-state index contributed by atoms with van der Waals surface area (Å²) in [5.41, 5.74) is 1.50. The molecule has 3 rings (SSSR count). The Morgan fingerprint density at radius 3 is 2.56 bits per heavy atom. The van der Waals surface area contributed by atoms with Gasteiger partial charge in [0.25, 0.3) is 5.91 Å². The van der Waals surface area contributed by atoms with Gasteiger partial charge >= 0.3 is 0 Å². The van der Waals surface area contributed by atoms with Crippen molar-refractivity contribution in [3.8, 4) is 0 Å². The van der Waals surface area contributed by atoms with Crippen LogP contribution >= 0.6 is 23.2 Å². The molecule has 1 aliphatic rings. The molecule has 5 nitrogen and oxygen atoms in total. The van der Waals surface area contributed by atoms with Crippen LogP contribution in [0.25, 0.3) is 0 Å². The second kappa shape index (κ2) is 7.44. The van der Waals surface area contributed by atoms with Crippen LogP contribution in [0, 0.1) is 0 Å². The van der Waals surface area contributed by atoms with Gasteiger partial charge < -0.3 is 4.90 Å². The highest BCUT2D eigenvalue weighted by Crippen LogP contribution is 2.36. The van der Waals surface area contributed by atoms with Crippen LogP contribution in [0.3, 0.4) is 0 Å². The second-order valence-corrected chi connectivity index (χ2v) is 6.51. The molecule has 130 valence electrons. The first kappa shape index (κ1) is 17.7. The maximum atomic E-state index is 12.4. The van der Waals surface area contributed by atoms with Crippen molar-refractivity contribution >= 4 is 35.0 Å². The third-order valence-electron chi connectivity index (χ3n) is 3.93. The number of nitrogens with zero attached hydrogens (tertiary/aromatic N) is 2. The fourth-order valence-electron chi connectivity index (χ4n) is 2.71. The summed E-state index contributed by atoms with van der Waals surface area (Å²) >= 11 is 12.2. The van der Waals surface area contributed by atoms with Crippen LogP contribution in [0.4, 0.5) is 0 Å². The number of amides is 2. The summed E-state index contributed by atoms with van der Waals surface area (Å²) in [6, 6.07) is 14.4. The van der Waals surface area contributed by atoms with E-state index in [-0.39, 0.29) is 25.0 Å². The summed E-state index contributed by atoms with van der Waals surface area (Å²) in [4.78, 5) is 31.6. The van der Waals surface area contributed by atoms with E-state index in [1.165, 1.54) is 16.9 Å². The molecule has 0 bridgehead atoms. The third-order valence-corrected chi connectivity index (χ3v) is 4.49. The van der Waals surface area contributed by atoms with Gasteiger partial charge in [-0.15, -0.1) is 0 Å². The molecular weight excluding hydrogens is 363 g/mol. The molecule has 0 aliphatic carbocycles. The zero-order chi connectivity index (χ0) is 18.0. The molecule has 0 unspecified atom stereocenters. The summed E-state index contributed by atoms with van der Waals surface area (Å²) in [7, 11) is 0. The summed E-state index contributed by atoms with van der Waals surface area (Å²) in [6.45, 7) is 1.55. The number of hydrogen-bond donors (Lipinski definition) is 0.